The molecule has 3 rings (SSSR count). The van der Waals surface area contributed by atoms with Crippen LogP contribution >= 0.6 is 0 Å². The van der Waals surface area contributed by atoms with E-state index in [-0.39, 0.29) is 12.0 Å². The van der Waals surface area contributed by atoms with E-state index in [1.807, 2.05) is 18.2 Å². The molecule has 3 N–H and O–H groups in total. The van der Waals surface area contributed by atoms with E-state index in [4.69, 9.17) is 0 Å². The van der Waals surface area contributed by atoms with Crippen LogP contribution in [-0.4, -0.2) is 33.5 Å². The van der Waals surface area contributed by atoms with Gasteiger partial charge in [0.2, 0.25) is 0 Å². The number of hydrogen-bond acceptors (Lipinski definition) is 3. The first kappa shape index (κ1) is 25.7. The van der Waals surface area contributed by atoms with E-state index in [2.05, 4.69) is 26.0 Å². The van der Waals surface area contributed by atoms with Gasteiger partial charge in [-0.05, 0) is 74.3 Å². The molecule has 33 heavy (non-hydrogen) atoms. The van der Waals surface area contributed by atoms with Crippen molar-refractivity contribution in [2.45, 2.75) is 90.3 Å². The van der Waals surface area contributed by atoms with E-state index in [0.29, 0.717) is 23.3 Å². The second-order valence-electron chi connectivity index (χ2n) is 10.3. The molecule has 2 aliphatic rings. The van der Waals surface area contributed by atoms with Crippen molar-refractivity contribution in [3.05, 3.63) is 59.2 Å². The van der Waals surface area contributed by atoms with Gasteiger partial charge >= 0.3 is 5.97 Å². The topological polar surface area (TPSA) is 77.8 Å². The maximum Gasteiger partial charge on any atom is 0.335 e. The standard InChI is InChI=1S/C29H42O4/c1-3-9-20(2)16-24(30)14-15-26-27-18-21(17-23(27)19-28(26)31)10-5-4-6-11-22-12-7-8-13-25(22)29(32)33/h7-8,12-15,17,20,23-24,26-28,30-31H,3-6,9-11,16,18-19H2,1-2H3,(H,32,33)/t20?,23-,24+,26-,27-,28+/m0/s1. The Labute approximate surface area is 199 Å². The zero-order valence-corrected chi connectivity index (χ0v) is 20.3. The number of aliphatic hydroxyl groups excluding tert-OH is 2. The van der Waals surface area contributed by atoms with Crippen LogP contribution in [0.3, 0.4) is 0 Å². The summed E-state index contributed by atoms with van der Waals surface area (Å²) in [4.78, 5) is 11.3. The van der Waals surface area contributed by atoms with E-state index in [1.54, 1.807) is 12.1 Å². The van der Waals surface area contributed by atoms with E-state index in [9.17, 15) is 20.1 Å². The second-order valence-corrected chi connectivity index (χ2v) is 10.3. The van der Waals surface area contributed by atoms with Gasteiger partial charge in [-0.2, -0.15) is 0 Å². The van der Waals surface area contributed by atoms with E-state index in [0.717, 1.165) is 69.8 Å². The summed E-state index contributed by atoms with van der Waals surface area (Å²) in [6.07, 6.45) is 15.8. The van der Waals surface area contributed by atoms with Crippen LogP contribution in [0, 0.1) is 23.7 Å². The Morgan fingerprint density at radius 3 is 2.70 bits per heavy atom. The molecule has 2 aliphatic carbocycles. The Morgan fingerprint density at radius 1 is 1.18 bits per heavy atom. The van der Waals surface area contributed by atoms with Gasteiger partial charge in [0.05, 0.1) is 17.8 Å². The van der Waals surface area contributed by atoms with Gasteiger partial charge in [0.25, 0.3) is 0 Å². The van der Waals surface area contributed by atoms with Gasteiger partial charge in [-0.1, -0.05) is 75.1 Å². The van der Waals surface area contributed by atoms with Gasteiger partial charge in [-0.15, -0.1) is 0 Å². The van der Waals surface area contributed by atoms with Crippen molar-refractivity contribution < 1.29 is 20.1 Å². The number of benzene rings is 1. The summed E-state index contributed by atoms with van der Waals surface area (Å²) in [5, 5.41) is 30.3. The van der Waals surface area contributed by atoms with E-state index in [1.165, 1.54) is 5.57 Å². The van der Waals surface area contributed by atoms with E-state index < -0.39 is 12.1 Å². The molecular formula is C29H42O4. The fourth-order valence-electron chi connectivity index (χ4n) is 5.94. The van der Waals surface area contributed by atoms with Gasteiger partial charge < -0.3 is 15.3 Å². The lowest BCUT2D eigenvalue weighted by atomic mass is 9.88. The van der Waals surface area contributed by atoms with Gasteiger partial charge in [-0.25, -0.2) is 4.79 Å². The zero-order chi connectivity index (χ0) is 23.8. The summed E-state index contributed by atoms with van der Waals surface area (Å²) < 4.78 is 0. The highest BCUT2D eigenvalue weighted by molar-refractivity contribution is 5.89. The largest absolute Gasteiger partial charge is 0.478 e. The number of allylic oxidation sites excluding steroid dienone is 2. The smallest absolute Gasteiger partial charge is 0.335 e. The van der Waals surface area contributed by atoms with Gasteiger partial charge in [0, 0.05) is 5.92 Å². The third-order valence-corrected chi connectivity index (χ3v) is 7.62. The van der Waals surface area contributed by atoms with E-state index >= 15 is 0 Å². The van der Waals surface area contributed by atoms with Crippen molar-refractivity contribution >= 4 is 5.97 Å². The first-order valence-electron chi connectivity index (χ1n) is 12.9. The normalized spacial score (nSPS) is 26.4. The molecule has 0 heterocycles. The number of aryl methyl sites for hydroxylation is 1. The molecule has 0 bridgehead atoms. The maximum atomic E-state index is 11.3. The van der Waals surface area contributed by atoms with Crippen molar-refractivity contribution in [3.63, 3.8) is 0 Å². The first-order chi connectivity index (χ1) is 15.9. The molecule has 1 fully saturated rings. The molecule has 1 aromatic rings. The molecule has 1 aromatic carbocycles. The SMILES string of the molecule is CCCC(C)C[C@H](O)C=C[C@H]1[C@H]2CC(CCCCCc3ccccc3C(=O)O)=C[C@H]2C[C@H]1O. The molecule has 182 valence electrons. The van der Waals surface area contributed by atoms with Crippen LogP contribution in [0.2, 0.25) is 0 Å². The van der Waals surface area contributed by atoms with Crippen LogP contribution in [0.1, 0.15) is 87.6 Å². The maximum absolute atomic E-state index is 11.3. The molecule has 0 radical (unpaired) electrons. The molecule has 0 aromatic heterocycles. The summed E-state index contributed by atoms with van der Waals surface area (Å²) >= 11 is 0. The molecule has 6 atom stereocenters. The predicted octanol–water partition coefficient (Wildman–Crippen LogP) is 6.17. The number of fused-ring (bicyclic) bond motifs is 1. The molecule has 0 amide bonds. The lowest BCUT2D eigenvalue weighted by Crippen LogP contribution is -2.18. The Balaban J connectivity index is 1.41. The number of carboxylic acid groups (broad SMARTS) is 1. The van der Waals surface area contributed by atoms with Crippen LogP contribution in [0.4, 0.5) is 0 Å². The highest BCUT2D eigenvalue weighted by atomic mass is 16.4. The average molecular weight is 455 g/mol. The number of rotatable bonds is 13. The minimum absolute atomic E-state index is 0.146. The van der Waals surface area contributed by atoms with Crippen molar-refractivity contribution in [3.8, 4) is 0 Å². The predicted molar refractivity (Wildman–Crippen MR) is 133 cm³/mol. The molecule has 0 saturated heterocycles. The number of unbranched alkanes of at least 4 members (excludes halogenated alkanes) is 2. The Hall–Kier alpha value is -1.91. The highest BCUT2D eigenvalue weighted by Crippen LogP contribution is 2.48. The molecule has 1 unspecified atom stereocenters. The summed E-state index contributed by atoms with van der Waals surface area (Å²) in [6, 6.07) is 7.30. The summed E-state index contributed by atoms with van der Waals surface area (Å²) in [6.45, 7) is 4.37. The van der Waals surface area contributed by atoms with Gasteiger partial charge in [-0.3, -0.25) is 0 Å². The summed E-state index contributed by atoms with van der Waals surface area (Å²) in [7, 11) is 0. The first-order valence-corrected chi connectivity index (χ1v) is 12.9. The number of carbonyl (C=O) groups is 1. The summed E-state index contributed by atoms with van der Waals surface area (Å²) in [5.41, 5.74) is 2.86. The van der Waals surface area contributed by atoms with Crippen molar-refractivity contribution in [2.75, 3.05) is 0 Å². The highest BCUT2D eigenvalue weighted by Gasteiger charge is 2.43. The molecule has 0 aliphatic heterocycles. The number of carboxylic acids is 1. The van der Waals surface area contributed by atoms with Gasteiger partial charge in [0.1, 0.15) is 0 Å². The Kier molecular flexibility index (Phi) is 9.76. The van der Waals surface area contributed by atoms with Crippen LogP contribution in [0.25, 0.3) is 0 Å². The minimum atomic E-state index is -0.845. The van der Waals surface area contributed by atoms with Crippen molar-refractivity contribution in [1.82, 2.24) is 0 Å². The fraction of sp³-hybridized carbons (Fsp3) is 0.621. The van der Waals surface area contributed by atoms with Crippen LogP contribution in [0.5, 0.6) is 0 Å². The fourth-order valence-corrected chi connectivity index (χ4v) is 5.94. The Morgan fingerprint density at radius 2 is 1.94 bits per heavy atom. The molecule has 4 nitrogen and oxygen atoms in total. The minimum Gasteiger partial charge on any atom is -0.478 e. The number of aliphatic hydroxyl groups is 2. The second kappa shape index (κ2) is 12.5. The molecule has 0 spiro atoms. The van der Waals surface area contributed by atoms with Crippen LogP contribution in [-0.2, 0) is 6.42 Å². The van der Waals surface area contributed by atoms with Crippen LogP contribution in [0.15, 0.2) is 48.1 Å². The zero-order valence-electron chi connectivity index (χ0n) is 20.3. The lowest BCUT2D eigenvalue weighted by molar-refractivity contribution is 0.0695. The average Bonchev–Trinajstić information content (AvgIpc) is 3.28. The molecular weight excluding hydrogens is 412 g/mol. The third kappa shape index (κ3) is 7.28. The molecule has 4 heteroatoms. The molecule has 1 saturated carbocycles. The number of aromatic carboxylic acids is 1. The lowest BCUT2D eigenvalue weighted by Gasteiger charge is -2.19. The van der Waals surface area contributed by atoms with Crippen LogP contribution < -0.4 is 0 Å². The van der Waals surface area contributed by atoms with Gasteiger partial charge in [0.15, 0.2) is 0 Å². The number of hydrogen-bond donors (Lipinski definition) is 3. The summed E-state index contributed by atoms with van der Waals surface area (Å²) in [5.74, 6) is 0.750. The monoisotopic (exact) mass is 454 g/mol. The quantitative estimate of drug-likeness (QED) is 0.246. The third-order valence-electron chi connectivity index (χ3n) is 7.62. The van der Waals surface area contributed by atoms with Crippen molar-refractivity contribution in [2.24, 2.45) is 23.7 Å². The van der Waals surface area contributed by atoms with Crippen molar-refractivity contribution in [1.29, 1.82) is 0 Å². The Bertz CT molecular complexity index is 827.